The molecule has 0 bridgehead atoms. The Balaban J connectivity index is 3.07. The van der Waals surface area contributed by atoms with Crippen molar-refractivity contribution in [3.8, 4) is 0 Å². The minimum Gasteiger partial charge on any atom is -0.395 e. The summed E-state index contributed by atoms with van der Waals surface area (Å²) >= 11 is 0. The summed E-state index contributed by atoms with van der Waals surface area (Å²) in [6, 6.07) is 0. The van der Waals surface area contributed by atoms with Crippen molar-refractivity contribution in [1.82, 2.24) is 10.1 Å². The number of aliphatic hydroxyl groups excluding tert-OH is 1. The first kappa shape index (κ1) is 14.4. The van der Waals surface area contributed by atoms with E-state index in [1.165, 1.54) is 4.90 Å². The monoisotopic (exact) mass is 252 g/mol. The van der Waals surface area contributed by atoms with E-state index in [2.05, 4.69) is 11.7 Å². The Hall–Kier alpha value is -1.62. The molecule has 0 spiro atoms. The van der Waals surface area contributed by atoms with Crippen molar-refractivity contribution in [3.63, 3.8) is 0 Å². The van der Waals surface area contributed by atoms with Crippen molar-refractivity contribution >= 4 is 5.91 Å². The maximum atomic E-state index is 12.4. The molecule has 1 aromatic heterocycles. The molecule has 100 valence electrons. The summed E-state index contributed by atoms with van der Waals surface area (Å²) in [7, 11) is 0. The van der Waals surface area contributed by atoms with Crippen LogP contribution in [0.2, 0.25) is 0 Å². The first-order valence-electron chi connectivity index (χ1n) is 6.00. The average Bonchev–Trinajstić information content (AvgIpc) is 2.70. The normalized spacial score (nSPS) is 10.7. The van der Waals surface area contributed by atoms with Crippen LogP contribution in [0.25, 0.3) is 0 Å². The molecule has 0 atom stereocenters. The van der Waals surface area contributed by atoms with E-state index in [-0.39, 0.29) is 25.0 Å². The Kier molecular flexibility index (Phi) is 5.09. The second-order valence-corrected chi connectivity index (χ2v) is 4.43. The van der Waals surface area contributed by atoms with Crippen LogP contribution in [-0.2, 0) is 0 Å². The molecule has 1 amide bonds. The first-order valence-corrected chi connectivity index (χ1v) is 6.00. The van der Waals surface area contributed by atoms with Gasteiger partial charge in [-0.2, -0.15) is 0 Å². The lowest BCUT2D eigenvalue weighted by Crippen LogP contribution is -2.34. The number of aromatic nitrogens is 1. The Morgan fingerprint density at radius 3 is 2.78 bits per heavy atom. The molecule has 0 radical (unpaired) electrons. The van der Waals surface area contributed by atoms with Crippen LogP contribution in [0.4, 0.5) is 0 Å². The van der Waals surface area contributed by atoms with E-state index in [9.17, 15) is 4.79 Å². The van der Waals surface area contributed by atoms with Crippen LogP contribution < -0.4 is 0 Å². The highest BCUT2D eigenvalue weighted by atomic mass is 16.5. The minimum absolute atomic E-state index is 0.0824. The second kappa shape index (κ2) is 6.35. The molecule has 1 aromatic rings. The summed E-state index contributed by atoms with van der Waals surface area (Å²) in [5, 5.41) is 12.8. The third-order valence-electron chi connectivity index (χ3n) is 2.63. The van der Waals surface area contributed by atoms with Crippen molar-refractivity contribution < 1.29 is 14.4 Å². The molecule has 0 aliphatic rings. The third kappa shape index (κ3) is 2.98. The standard InChI is InChI=1S/C13H20N2O3/c1-5-6-15(7-8-16)13(17)11-10(4)14-18-12(11)9(2)3/h5,9,16H,1,6-8H2,2-4H3. The molecule has 1 rings (SSSR count). The van der Waals surface area contributed by atoms with E-state index in [1.807, 2.05) is 13.8 Å². The van der Waals surface area contributed by atoms with Gasteiger partial charge in [0.25, 0.3) is 5.91 Å². The summed E-state index contributed by atoms with van der Waals surface area (Å²) in [5.74, 6) is 0.501. The molecular weight excluding hydrogens is 232 g/mol. The zero-order valence-electron chi connectivity index (χ0n) is 11.1. The predicted octanol–water partition coefficient (Wildman–Crippen LogP) is 1.73. The van der Waals surface area contributed by atoms with Crippen molar-refractivity contribution in [2.24, 2.45) is 0 Å². The average molecular weight is 252 g/mol. The van der Waals surface area contributed by atoms with Gasteiger partial charge in [0.05, 0.1) is 12.3 Å². The van der Waals surface area contributed by atoms with Gasteiger partial charge < -0.3 is 14.5 Å². The summed E-state index contributed by atoms with van der Waals surface area (Å²) < 4.78 is 5.20. The van der Waals surface area contributed by atoms with Gasteiger partial charge in [0.15, 0.2) is 5.76 Å². The lowest BCUT2D eigenvalue weighted by Gasteiger charge is -2.20. The fourth-order valence-electron chi connectivity index (χ4n) is 1.75. The van der Waals surface area contributed by atoms with Crippen LogP contribution in [0.3, 0.4) is 0 Å². The van der Waals surface area contributed by atoms with Crippen LogP contribution in [0.15, 0.2) is 17.2 Å². The largest absolute Gasteiger partial charge is 0.395 e. The number of rotatable bonds is 6. The van der Waals surface area contributed by atoms with E-state index in [0.29, 0.717) is 23.6 Å². The van der Waals surface area contributed by atoms with Crippen LogP contribution in [0, 0.1) is 6.92 Å². The van der Waals surface area contributed by atoms with Gasteiger partial charge >= 0.3 is 0 Å². The van der Waals surface area contributed by atoms with E-state index in [0.717, 1.165) is 0 Å². The quantitative estimate of drug-likeness (QED) is 0.783. The maximum Gasteiger partial charge on any atom is 0.259 e. The Bertz CT molecular complexity index is 424. The molecule has 1 N–H and O–H groups in total. The topological polar surface area (TPSA) is 66.6 Å². The number of carbonyl (C=O) groups excluding carboxylic acids is 1. The molecule has 0 unspecified atom stereocenters. The zero-order valence-corrected chi connectivity index (χ0v) is 11.1. The van der Waals surface area contributed by atoms with Crippen molar-refractivity contribution in [1.29, 1.82) is 0 Å². The molecule has 0 fully saturated rings. The summed E-state index contributed by atoms with van der Waals surface area (Å²) in [5.41, 5.74) is 1.08. The number of aliphatic hydroxyl groups is 1. The van der Waals surface area contributed by atoms with Crippen LogP contribution in [-0.4, -0.2) is 40.8 Å². The number of aryl methyl sites for hydroxylation is 1. The molecular formula is C13H20N2O3. The van der Waals surface area contributed by atoms with Gasteiger partial charge in [-0.3, -0.25) is 4.79 Å². The van der Waals surface area contributed by atoms with E-state index < -0.39 is 0 Å². The van der Waals surface area contributed by atoms with Gasteiger partial charge in [-0.1, -0.05) is 25.1 Å². The van der Waals surface area contributed by atoms with Crippen LogP contribution >= 0.6 is 0 Å². The molecule has 0 aromatic carbocycles. The number of nitrogens with zero attached hydrogens (tertiary/aromatic N) is 2. The highest BCUT2D eigenvalue weighted by Gasteiger charge is 2.25. The van der Waals surface area contributed by atoms with E-state index in [4.69, 9.17) is 9.63 Å². The molecule has 0 aliphatic heterocycles. The van der Waals surface area contributed by atoms with Crippen molar-refractivity contribution in [2.75, 3.05) is 19.7 Å². The fraction of sp³-hybridized carbons (Fsp3) is 0.538. The predicted molar refractivity (Wildman–Crippen MR) is 68.5 cm³/mol. The fourth-order valence-corrected chi connectivity index (χ4v) is 1.75. The molecule has 1 heterocycles. The van der Waals surface area contributed by atoms with Gasteiger partial charge in [0.2, 0.25) is 0 Å². The molecule has 5 nitrogen and oxygen atoms in total. The van der Waals surface area contributed by atoms with E-state index >= 15 is 0 Å². The smallest absolute Gasteiger partial charge is 0.259 e. The molecule has 18 heavy (non-hydrogen) atoms. The zero-order chi connectivity index (χ0) is 13.7. The van der Waals surface area contributed by atoms with Crippen LogP contribution in [0.1, 0.15) is 41.6 Å². The summed E-state index contributed by atoms with van der Waals surface area (Å²) in [6.45, 7) is 9.82. The lowest BCUT2D eigenvalue weighted by atomic mass is 10.0. The second-order valence-electron chi connectivity index (χ2n) is 4.43. The molecule has 0 saturated heterocycles. The van der Waals surface area contributed by atoms with Gasteiger partial charge in [-0.05, 0) is 6.92 Å². The minimum atomic E-state index is -0.175. The molecule has 0 saturated carbocycles. The Morgan fingerprint density at radius 1 is 1.61 bits per heavy atom. The third-order valence-corrected chi connectivity index (χ3v) is 2.63. The number of hydrogen-bond acceptors (Lipinski definition) is 4. The number of hydrogen-bond donors (Lipinski definition) is 1. The van der Waals surface area contributed by atoms with E-state index in [1.54, 1.807) is 13.0 Å². The van der Waals surface area contributed by atoms with Crippen molar-refractivity contribution in [2.45, 2.75) is 26.7 Å². The molecule has 5 heteroatoms. The first-order chi connectivity index (χ1) is 8.52. The number of amides is 1. The Morgan fingerprint density at radius 2 is 2.28 bits per heavy atom. The van der Waals surface area contributed by atoms with Gasteiger partial charge in [0, 0.05) is 19.0 Å². The maximum absolute atomic E-state index is 12.4. The molecule has 0 aliphatic carbocycles. The SMILES string of the molecule is C=CCN(CCO)C(=O)c1c(C)noc1C(C)C. The lowest BCUT2D eigenvalue weighted by molar-refractivity contribution is 0.0739. The van der Waals surface area contributed by atoms with Crippen molar-refractivity contribution in [3.05, 3.63) is 29.7 Å². The Labute approximate surface area is 107 Å². The van der Waals surface area contributed by atoms with Gasteiger partial charge in [0.1, 0.15) is 5.56 Å². The summed E-state index contributed by atoms with van der Waals surface area (Å²) in [6.07, 6.45) is 1.63. The van der Waals surface area contributed by atoms with Crippen LogP contribution in [0.5, 0.6) is 0 Å². The number of carbonyl (C=O) groups is 1. The van der Waals surface area contributed by atoms with Gasteiger partial charge in [-0.25, -0.2) is 0 Å². The van der Waals surface area contributed by atoms with Gasteiger partial charge in [-0.15, -0.1) is 6.58 Å². The summed E-state index contributed by atoms with van der Waals surface area (Å²) in [4.78, 5) is 13.9. The highest BCUT2D eigenvalue weighted by Crippen LogP contribution is 2.23. The highest BCUT2D eigenvalue weighted by molar-refractivity contribution is 5.96.